The smallest absolute Gasteiger partial charge is 0.196 e. The van der Waals surface area contributed by atoms with Crippen molar-refractivity contribution in [1.82, 2.24) is 5.32 Å². The highest BCUT2D eigenvalue weighted by Gasteiger charge is 2.09. The van der Waals surface area contributed by atoms with Crippen LogP contribution in [0.5, 0.6) is 0 Å². The highest BCUT2D eigenvalue weighted by atomic mass is 16.3. The minimum absolute atomic E-state index is 0.482. The molecule has 5 nitrogen and oxygen atoms in total. The molecule has 5 heteroatoms. The van der Waals surface area contributed by atoms with Gasteiger partial charge in [0.15, 0.2) is 5.88 Å². The van der Waals surface area contributed by atoms with Crippen molar-refractivity contribution >= 4 is 11.7 Å². The fourth-order valence-corrected chi connectivity index (χ4v) is 2.00. The van der Waals surface area contributed by atoms with Crippen LogP contribution in [0, 0.1) is 0 Å². The quantitative estimate of drug-likeness (QED) is 0.787. The van der Waals surface area contributed by atoms with Gasteiger partial charge in [0.2, 0.25) is 0 Å². The van der Waals surface area contributed by atoms with Crippen molar-refractivity contribution in [3.8, 4) is 0 Å². The zero-order valence-corrected chi connectivity index (χ0v) is 11.8. The van der Waals surface area contributed by atoms with Gasteiger partial charge in [-0.25, -0.2) is 4.99 Å². The van der Waals surface area contributed by atoms with E-state index < -0.39 is 0 Å². The lowest BCUT2D eigenvalue weighted by atomic mass is 10.1. The Morgan fingerprint density at radius 1 is 1.45 bits per heavy atom. The first kappa shape index (κ1) is 14.0. The number of nitrogens with one attached hydrogen (secondary N) is 2. The molecule has 0 bridgehead atoms. The van der Waals surface area contributed by atoms with E-state index in [1.165, 1.54) is 5.57 Å². The Bertz CT molecular complexity index is 565. The van der Waals surface area contributed by atoms with Crippen molar-refractivity contribution in [3.63, 3.8) is 0 Å². The lowest BCUT2D eigenvalue weighted by Gasteiger charge is -2.13. The number of hydrogen-bond acceptors (Lipinski definition) is 5. The van der Waals surface area contributed by atoms with Crippen LogP contribution in [-0.4, -0.2) is 12.9 Å². The first-order valence-corrected chi connectivity index (χ1v) is 6.64. The summed E-state index contributed by atoms with van der Waals surface area (Å²) in [5.74, 6) is 2.03. The molecule has 1 aromatic rings. The van der Waals surface area contributed by atoms with Crippen molar-refractivity contribution in [1.29, 1.82) is 0 Å². The van der Waals surface area contributed by atoms with Gasteiger partial charge in [0.1, 0.15) is 11.7 Å². The third-order valence-electron chi connectivity index (χ3n) is 3.01. The second-order valence-electron chi connectivity index (χ2n) is 4.42. The fraction of sp³-hybridized carbons (Fsp3) is 0.267. The summed E-state index contributed by atoms with van der Waals surface area (Å²) < 4.78 is 5.32. The minimum Gasteiger partial charge on any atom is -0.449 e. The first-order valence-electron chi connectivity index (χ1n) is 6.64. The van der Waals surface area contributed by atoms with Gasteiger partial charge in [-0.3, -0.25) is 0 Å². The summed E-state index contributed by atoms with van der Waals surface area (Å²) in [5.41, 5.74) is 8.08. The predicted octanol–water partition coefficient (Wildman–Crippen LogP) is 2.73. The van der Waals surface area contributed by atoms with Crippen molar-refractivity contribution < 1.29 is 4.42 Å². The number of furan rings is 1. The molecule has 0 aliphatic carbocycles. The van der Waals surface area contributed by atoms with Crippen LogP contribution >= 0.6 is 0 Å². The summed E-state index contributed by atoms with van der Waals surface area (Å²) >= 11 is 0. The number of nitrogens with zero attached hydrogens (tertiary/aromatic N) is 1. The van der Waals surface area contributed by atoms with Gasteiger partial charge in [-0.1, -0.05) is 13.0 Å². The first-order chi connectivity index (χ1) is 9.72. The third kappa shape index (κ3) is 3.54. The molecule has 0 spiro atoms. The maximum absolute atomic E-state index is 5.86. The molecule has 4 N–H and O–H groups in total. The Labute approximate surface area is 119 Å². The molecule has 2 rings (SSSR count). The molecule has 20 heavy (non-hydrogen) atoms. The molecule has 1 aliphatic heterocycles. The van der Waals surface area contributed by atoms with Crippen LogP contribution in [0.2, 0.25) is 0 Å². The molecular formula is C15H20N4O. The summed E-state index contributed by atoms with van der Waals surface area (Å²) in [6.45, 7) is 2.11. The van der Waals surface area contributed by atoms with Gasteiger partial charge in [0.25, 0.3) is 0 Å². The maximum Gasteiger partial charge on any atom is 0.196 e. The van der Waals surface area contributed by atoms with Crippen molar-refractivity contribution in [2.75, 3.05) is 12.4 Å². The summed E-state index contributed by atoms with van der Waals surface area (Å²) in [6, 6.07) is 3.74. The average Bonchev–Trinajstić information content (AvgIpc) is 2.95. The molecule has 1 aromatic heterocycles. The second-order valence-corrected chi connectivity index (χ2v) is 4.42. The molecule has 0 saturated heterocycles. The Balaban J connectivity index is 2.30. The average molecular weight is 272 g/mol. The summed E-state index contributed by atoms with van der Waals surface area (Å²) in [5, 5.41) is 6.38. The largest absolute Gasteiger partial charge is 0.449 e. The van der Waals surface area contributed by atoms with Crippen LogP contribution in [0.1, 0.15) is 19.8 Å². The van der Waals surface area contributed by atoms with E-state index in [0.717, 1.165) is 30.2 Å². The number of allylic oxidation sites excluding steroid dienone is 3. The Morgan fingerprint density at radius 3 is 2.95 bits per heavy atom. The molecule has 0 fully saturated rings. The topological polar surface area (TPSA) is 75.6 Å². The number of anilines is 1. The molecule has 0 unspecified atom stereocenters. The summed E-state index contributed by atoms with van der Waals surface area (Å²) in [7, 11) is 1.85. The molecule has 0 amide bonds. The molecule has 0 radical (unpaired) electrons. The van der Waals surface area contributed by atoms with Crippen molar-refractivity contribution in [2.45, 2.75) is 19.8 Å². The van der Waals surface area contributed by atoms with Crippen LogP contribution in [-0.2, 0) is 0 Å². The third-order valence-corrected chi connectivity index (χ3v) is 3.01. The van der Waals surface area contributed by atoms with Gasteiger partial charge in [0, 0.05) is 25.2 Å². The number of rotatable bonds is 4. The number of aliphatic imine (C=N–C) groups is 1. The van der Waals surface area contributed by atoms with Crippen molar-refractivity contribution in [3.05, 3.63) is 53.7 Å². The van der Waals surface area contributed by atoms with E-state index in [1.54, 1.807) is 12.3 Å². The van der Waals surface area contributed by atoms with Crippen molar-refractivity contribution in [2.24, 2.45) is 10.7 Å². The van der Waals surface area contributed by atoms with Crippen LogP contribution in [0.3, 0.4) is 0 Å². The van der Waals surface area contributed by atoms with E-state index in [9.17, 15) is 0 Å². The van der Waals surface area contributed by atoms with E-state index in [0.29, 0.717) is 5.84 Å². The summed E-state index contributed by atoms with van der Waals surface area (Å²) in [6.07, 6.45) is 8.94. The molecule has 0 aromatic carbocycles. The van der Waals surface area contributed by atoms with Gasteiger partial charge >= 0.3 is 0 Å². The monoisotopic (exact) mass is 272 g/mol. The van der Waals surface area contributed by atoms with E-state index >= 15 is 0 Å². The molecule has 1 aliphatic rings. The second kappa shape index (κ2) is 6.65. The Hall–Kier alpha value is -2.43. The van der Waals surface area contributed by atoms with Gasteiger partial charge in [-0.15, -0.1) is 0 Å². The van der Waals surface area contributed by atoms with Crippen LogP contribution in [0.4, 0.5) is 5.88 Å². The highest BCUT2D eigenvalue weighted by molar-refractivity contribution is 5.92. The SMILES string of the molecule is CC\C1=C(NC)/N=C(N)\C=C\C=C(/Nc2ccco2)C1. The zero-order chi connectivity index (χ0) is 14.4. The normalized spacial score (nSPS) is 26.3. The standard InChI is InChI=1S/C15H20N4O/c1-3-11-10-12(18-14-8-5-9-20-14)6-4-7-13(16)19-15(11)17-2/h4-9,17-18H,3,10H2,1-2H3,(H2,16,19)/b7-4+,12-6-,15-11+. The lowest BCUT2D eigenvalue weighted by molar-refractivity contribution is 0.582. The Morgan fingerprint density at radius 2 is 2.30 bits per heavy atom. The molecule has 2 heterocycles. The van der Waals surface area contributed by atoms with Crippen LogP contribution in [0.15, 0.2) is 63.1 Å². The minimum atomic E-state index is 0.482. The van der Waals surface area contributed by atoms with E-state index in [2.05, 4.69) is 22.5 Å². The molecule has 0 atom stereocenters. The number of hydrogen-bond donors (Lipinski definition) is 3. The van der Waals surface area contributed by atoms with Gasteiger partial charge < -0.3 is 20.8 Å². The molecular weight excluding hydrogens is 252 g/mol. The van der Waals surface area contributed by atoms with Crippen LogP contribution < -0.4 is 16.4 Å². The Kier molecular flexibility index (Phi) is 4.65. The molecule has 106 valence electrons. The number of nitrogens with two attached hydrogens (primary N) is 1. The number of amidine groups is 1. The fourth-order valence-electron chi connectivity index (χ4n) is 2.00. The van der Waals surface area contributed by atoms with Crippen LogP contribution in [0.25, 0.3) is 0 Å². The van der Waals surface area contributed by atoms with E-state index in [-0.39, 0.29) is 0 Å². The molecule has 0 saturated carbocycles. The van der Waals surface area contributed by atoms with E-state index in [1.807, 2.05) is 31.3 Å². The summed E-state index contributed by atoms with van der Waals surface area (Å²) in [4.78, 5) is 4.39. The lowest BCUT2D eigenvalue weighted by Crippen LogP contribution is -2.14. The zero-order valence-electron chi connectivity index (χ0n) is 11.8. The van der Waals surface area contributed by atoms with Gasteiger partial charge in [0.05, 0.1) is 6.26 Å². The predicted molar refractivity (Wildman–Crippen MR) is 82.2 cm³/mol. The maximum atomic E-state index is 5.86. The highest BCUT2D eigenvalue weighted by Crippen LogP contribution is 2.21. The van der Waals surface area contributed by atoms with Gasteiger partial charge in [-0.05, 0) is 30.2 Å². The van der Waals surface area contributed by atoms with Gasteiger partial charge in [-0.2, -0.15) is 0 Å². The van der Waals surface area contributed by atoms with E-state index in [4.69, 9.17) is 10.2 Å².